The number of likely N-dealkylation sites (N-methyl/N-ethyl adjacent to an activating group) is 1. The van der Waals surface area contributed by atoms with Crippen LogP contribution in [0.25, 0.3) is 0 Å². The molecule has 9 heteroatoms. The average molecular weight is 511 g/mol. The summed E-state index contributed by atoms with van der Waals surface area (Å²) >= 11 is 6.28. The van der Waals surface area contributed by atoms with Gasteiger partial charge in [0.2, 0.25) is 0 Å². The van der Waals surface area contributed by atoms with Gasteiger partial charge in [0, 0.05) is 40.2 Å². The van der Waals surface area contributed by atoms with E-state index in [0.717, 1.165) is 11.0 Å². The molecular weight excluding hydrogens is 481 g/mol. The molecule has 0 aromatic heterocycles. The van der Waals surface area contributed by atoms with Crippen molar-refractivity contribution < 1.29 is 27.9 Å². The molecule has 0 aliphatic carbocycles. The van der Waals surface area contributed by atoms with Gasteiger partial charge in [-0.15, -0.1) is 0 Å². The van der Waals surface area contributed by atoms with Gasteiger partial charge in [0.1, 0.15) is 0 Å². The number of fused-ring (bicyclic) bond motifs is 1. The fourth-order valence-corrected chi connectivity index (χ4v) is 4.70. The molecule has 0 saturated heterocycles. The zero-order chi connectivity index (χ0) is 26.3. The third kappa shape index (κ3) is 4.84. The first-order chi connectivity index (χ1) is 16.2. The average Bonchev–Trinajstić information content (AvgIpc) is 2.99. The van der Waals surface area contributed by atoms with E-state index in [1.165, 1.54) is 24.3 Å². The van der Waals surface area contributed by atoms with E-state index in [4.69, 9.17) is 11.6 Å². The van der Waals surface area contributed by atoms with Crippen LogP contribution >= 0.6 is 11.6 Å². The number of carbonyl (C=O) groups is 2. The maximum Gasteiger partial charge on any atom is 0.416 e. The van der Waals surface area contributed by atoms with Crippen LogP contribution in [0.1, 0.15) is 61.7 Å². The van der Waals surface area contributed by atoms with Gasteiger partial charge in [-0.3, -0.25) is 9.59 Å². The Morgan fingerprint density at radius 1 is 1.11 bits per heavy atom. The third-order valence-corrected chi connectivity index (χ3v) is 6.70. The highest BCUT2D eigenvalue weighted by molar-refractivity contribution is 6.32. The smallest absolute Gasteiger partial charge is 0.372 e. The molecule has 2 aromatic rings. The maximum absolute atomic E-state index is 14.4. The Morgan fingerprint density at radius 2 is 1.71 bits per heavy atom. The van der Waals surface area contributed by atoms with Gasteiger partial charge in [0.15, 0.2) is 11.4 Å². The summed E-state index contributed by atoms with van der Waals surface area (Å²) in [6.45, 7) is 10.5. The van der Waals surface area contributed by atoms with Crippen LogP contribution in [-0.4, -0.2) is 47.9 Å². The number of Topliss-reactive ketones (excluding diaryl/α,β-unsaturated/α-hetero) is 1. The number of amides is 1. The van der Waals surface area contributed by atoms with Crippen LogP contribution in [0, 0.1) is 5.41 Å². The zero-order valence-corrected chi connectivity index (χ0v) is 21.2. The first kappa shape index (κ1) is 27.2. The lowest BCUT2D eigenvalue weighted by molar-refractivity contribution is -0.142. The Balaban J connectivity index is 2.35. The molecule has 0 spiro atoms. The number of benzene rings is 2. The van der Waals surface area contributed by atoms with Gasteiger partial charge in [-0.25, -0.2) is 0 Å². The summed E-state index contributed by atoms with van der Waals surface area (Å²) in [5.74, 6) is -1.44. The standard InChI is InChI=1S/C26H30ClF3N2O3/c1-6-31(7-2)12-13-32-20-15-16(22(33)24(3,4)5)14-18(26(28,29)30)21(20)25(35,23(32)34)17-10-8-9-11-19(17)27/h8-11,14-15,35H,6-7,12-13H2,1-5H3/t25-/m1/s1. The number of ketones is 1. The molecule has 190 valence electrons. The van der Waals surface area contributed by atoms with Crippen molar-refractivity contribution in [1.29, 1.82) is 0 Å². The van der Waals surface area contributed by atoms with Crippen molar-refractivity contribution in [1.82, 2.24) is 4.90 Å². The van der Waals surface area contributed by atoms with E-state index in [0.29, 0.717) is 19.6 Å². The fraction of sp³-hybridized carbons (Fsp3) is 0.462. The summed E-state index contributed by atoms with van der Waals surface area (Å²) in [5, 5.41) is 11.7. The van der Waals surface area contributed by atoms with Crippen LogP contribution in [0.3, 0.4) is 0 Å². The molecule has 35 heavy (non-hydrogen) atoms. The number of aliphatic hydroxyl groups is 1. The largest absolute Gasteiger partial charge is 0.416 e. The normalized spacial score (nSPS) is 18.4. The second kappa shape index (κ2) is 9.56. The molecule has 0 radical (unpaired) electrons. The Bertz CT molecular complexity index is 1140. The van der Waals surface area contributed by atoms with Gasteiger partial charge in [0.05, 0.1) is 11.3 Å². The van der Waals surface area contributed by atoms with Crippen molar-refractivity contribution in [2.75, 3.05) is 31.1 Å². The molecule has 0 saturated carbocycles. The van der Waals surface area contributed by atoms with Crippen LogP contribution in [0.2, 0.25) is 5.02 Å². The van der Waals surface area contributed by atoms with Crippen LogP contribution in [-0.2, 0) is 16.6 Å². The predicted octanol–water partition coefficient (Wildman–Crippen LogP) is 5.51. The molecule has 5 nitrogen and oxygen atoms in total. The van der Waals surface area contributed by atoms with Gasteiger partial charge < -0.3 is 14.9 Å². The maximum atomic E-state index is 14.4. The number of anilines is 1. The van der Waals surface area contributed by atoms with Crippen molar-refractivity contribution in [3.8, 4) is 0 Å². The highest BCUT2D eigenvalue weighted by Gasteiger charge is 2.56. The molecule has 1 heterocycles. The highest BCUT2D eigenvalue weighted by Crippen LogP contribution is 2.52. The van der Waals surface area contributed by atoms with E-state index < -0.39 is 40.0 Å². The topological polar surface area (TPSA) is 60.9 Å². The summed E-state index contributed by atoms with van der Waals surface area (Å²) in [7, 11) is 0. The van der Waals surface area contributed by atoms with E-state index in [1.807, 2.05) is 18.7 Å². The molecular formula is C26H30ClF3N2O3. The SMILES string of the molecule is CCN(CC)CCN1C(=O)[C@@](O)(c2ccccc2Cl)c2c1cc(C(=O)C(C)(C)C)cc2C(F)(F)F. The second-order valence-electron chi connectivity index (χ2n) is 9.67. The van der Waals surface area contributed by atoms with Crippen LogP contribution in [0.4, 0.5) is 18.9 Å². The lowest BCUT2D eigenvalue weighted by Crippen LogP contribution is -2.44. The molecule has 1 amide bonds. The summed E-state index contributed by atoms with van der Waals surface area (Å²) in [6, 6.07) is 7.82. The molecule has 0 fully saturated rings. The monoisotopic (exact) mass is 510 g/mol. The molecule has 1 aliphatic rings. The number of carbonyl (C=O) groups excluding carboxylic acids is 2. The number of hydrogen-bond donors (Lipinski definition) is 1. The van der Waals surface area contributed by atoms with Crippen molar-refractivity contribution >= 4 is 29.0 Å². The molecule has 0 bridgehead atoms. The Hall–Kier alpha value is -2.42. The zero-order valence-electron chi connectivity index (χ0n) is 20.5. The van der Waals surface area contributed by atoms with Crippen molar-refractivity contribution in [3.05, 3.63) is 63.7 Å². The number of halogens is 4. The van der Waals surface area contributed by atoms with Crippen molar-refractivity contribution in [3.63, 3.8) is 0 Å². The second-order valence-corrected chi connectivity index (χ2v) is 10.1. The minimum absolute atomic E-state index is 0.0325. The Morgan fingerprint density at radius 3 is 2.23 bits per heavy atom. The Labute approximate surface area is 208 Å². The summed E-state index contributed by atoms with van der Waals surface area (Å²) in [4.78, 5) is 29.9. The highest BCUT2D eigenvalue weighted by atomic mass is 35.5. The third-order valence-electron chi connectivity index (χ3n) is 6.37. The lowest BCUT2D eigenvalue weighted by atomic mass is 9.81. The van der Waals surface area contributed by atoms with Crippen LogP contribution in [0.5, 0.6) is 0 Å². The number of rotatable bonds is 7. The molecule has 1 aliphatic heterocycles. The minimum Gasteiger partial charge on any atom is -0.372 e. The van der Waals surface area contributed by atoms with Crippen LogP contribution < -0.4 is 4.90 Å². The summed E-state index contributed by atoms with van der Waals surface area (Å²) in [6.07, 6.45) is -4.94. The molecule has 1 N–H and O–H groups in total. The van der Waals surface area contributed by atoms with E-state index in [2.05, 4.69) is 0 Å². The van der Waals surface area contributed by atoms with E-state index in [9.17, 15) is 27.9 Å². The van der Waals surface area contributed by atoms with Gasteiger partial charge in [-0.05, 0) is 31.3 Å². The number of alkyl halides is 3. The Kier molecular flexibility index (Phi) is 7.42. The first-order valence-corrected chi connectivity index (χ1v) is 11.9. The van der Waals surface area contributed by atoms with E-state index in [-0.39, 0.29) is 28.4 Å². The van der Waals surface area contributed by atoms with Crippen LogP contribution in [0.15, 0.2) is 36.4 Å². The van der Waals surface area contributed by atoms with Crippen molar-refractivity contribution in [2.24, 2.45) is 5.41 Å². The van der Waals surface area contributed by atoms with Crippen molar-refractivity contribution in [2.45, 2.75) is 46.4 Å². The van der Waals surface area contributed by atoms with Gasteiger partial charge in [-0.2, -0.15) is 13.2 Å². The number of nitrogens with zero attached hydrogens (tertiary/aromatic N) is 2. The summed E-state index contributed by atoms with van der Waals surface area (Å²) in [5.41, 5.74) is -5.90. The van der Waals surface area contributed by atoms with Gasteiger partial charge >= 0.3 is 6.18 Å². The number of hydrogen-bond acceptors (Lipinski definition) is 4. The van der Waals surface area contributed by atoms with E-state index in [1.54, 1.807) is 26.8 Å². The van der Waals surface area contributed by atoms with E-state index >= 15 is 0 Å². The van der Waals surface area contributed by atoms with Gasteiger partial charge in [-0.1, -0.05) is 64.4 Å². The summed E-state index contributed by atoms with van der Waals surface area (Å²) < 4.78 is 43.3. The molecule has 2 aromatic carbocycles. The molecule has 3 rings (SSSR count). The lowest BCUT2D eigenvalue weighted by Gasteiger charge is -2.27. The predicted molar refractivity (Wildman–Crippen MR) is 130 cm³/mol. The molecule has 1 atom stereocenters. The molecule has 0 unspecified atom stereocenters. The fourth-order valence-electron chi connectivity index (χ4n) is 4.43. The first-order valence-electron chi connectivity index (χ1n) is 11.5. The quantitative estimate of drug-likeness (QED) is 0.499. The van der Waals surface area contributed by atoms with Gasteiger partial charge in [0.25, 0.3) is 5.91 Å². The minimum atomic E-state index is -4.94.